The number of ether oxygens (including phenoxy) is 1. The van der Waals surface area contributed by atoms with Crippen LogP contribution < -0.4 is 4.74 Å². The first-order valence-corrected chi connectivity index (χ1v) is 4.94. The quantitative estimate of drug-likeness (QED) is 0.686. The van der Waals surface area contributed by atoms with E-state index in [4.69, 9.17) is 4.74 Å². The number of carbonyl (C=O) groups excluding carboxylic acids is 1. The van der Waals surface area contributed by atoms with Crippen LogP contribution in [0.2, 0.25) is 0 Å². The fourth-order valence-electron chi connectivity index (χ4n) is 1.49. The minimum atomic E-state index is 0.630. The molecule has 0 atom stereocenters. The van der Waals surface area contributed by atoms with Crippen LogP contribution in [0, 0.1) is 6.92 Å². The Morgan fingerprint density at radius 3 is 2.57 bits per heavy atom. The zero-order valence-electron chi connectivity index (χ0n) is 8.96. The Labute approximate surface area is 84.9 Å². The monoisotopic (exact) mass is 192 g/mol. The second kappa shape index (κ2) is 4.80. The minimum Gasteiger partial charge on any atom is -0.494 e. The van der Waals surface area contributed by atoms with Crippen LogP contribution in [0.25, 0.3) is 0 Å². The predicted octanol–water partition coefficient (Wildman–Crippen LogP) is 2.77. The number of carbonyl (C=O) groups is 1. The summed E-state index contributed by atoms with van der Waals surface area (Å²) in [7, 11) is 0. The fraction of sp³-hybridized carbons (Fsp3) is 0.417. The van der Waals surface area contributed by atoms with Gasteiger partial charge in [-0.1, -0.05) is 13.0 Å². The van der Waals surface area contributed by atoms with Gasteiger partial charge in [-0.15, -0.1) is 0 Å². The van der Waals surface area contributed by atoms with Crippen molar-refractivity contribution >= 4 is 6.29 Å². The maximum absolute atomic E-state index is 10.8. The molecule has 0 aliphatic carbocycles. The Morgan fingerprint density at radius 1 is 1.36 bits per heavy atom. The maximum Gasteiger partial charge on any atom is 0.150 e. The van der Waals surface area contributed by atoms with Gasteiger partial charge in [0.15, 0.2) is 0 Å². The third kappa shape index (κ3) is 2.13. The van der Waals surface area contributed by atoms with E-state index in [1.54, 1.807) is 0 Å². The van der Waals surface area contributed by atoms with Crippen molar-refractivity contribution in [1.82, 2.24) is 0 Å². The topological polar surface area (TPSA) is 26.3 Å². The Bertz CT molecular complexity index is 329. The summed E-state index contributed by atoms with van der Waals surface area (Å²) in [6, 6.07) is 3.85. The molecule has 2 nitrogen and oxygen atoms in total. The Balaban J connectivity index is 3.16. The summed E-state index contributed by atoms with van der Waals surface area (Å²) >= 11 is 0. The number of hydrogen-bond acceptors (Lipinski definition) is 2. The molecule has 0 unspecified atom stereocenters. The van der Waals surface area contributed by atoms with Gasteiger partial charge >= 0.3 is 0 Å². The third-order valence-corrected chi connectivity index (χ3v) is 2.24. The normalized spacial score (nSPS) is 9.93. The van der Waals surface area contributed by atoms with Gasteiger partial charge in [0.2, 0.25) is 0 Å². The summed E-state index contributed by atoms with van der Waals surface area (Å²) in [6.07, 6.45) is 1.77. The first kappa shape index (κ1) is 10.8. The maximum atomic E-state index is 10.8. The smallest absolute Gasteiger partial charge is 0.150 e. The average molecular weight is 192 g/mol. The number of rotatable bonds is 4. The number of aryl methyl sites for hydroxylation is 2. The molecule has 1 aromatic carbocycles. The highest BCUT2D eigenvalue weighted by Gasteiger charge is 2.05. The van der Waals surface area contributed by atoms with Crippen LogP contribution in [0.1, 0.15) is 35.3 Å². The van der Waals surface area contributed by atoms with E-state index in [1.807, 2.05) is 32.9 Å². The van der Waals surface area contributed by atoms with Crippen molar-refractivity contribution in [2.75, 3.05) is 6.61 Å². The van der Waals surface area contributed by atoms with E-state index >= 15 is 0 Å². The van der Waals surface area contributed by atoms with Crippen LogP contribution in [0.15, 0.2) is 12.1 Å². The summed E-state index contributed by atoms with van der Waals surface area (Å²) in [5.41, 5.74) is 2.91. The van der Waals surface area contributed by atoms with Gasteiger partial charge in [-0.2, -0.15) is 0 Å². The third-order valence-electron chi connectivity index (χ3n) is 2.24. The molecule has 0 saturated carbocycles. The van der Waals surface area contributed by atoms with E-state index in [1.165, 1.54) is 0 Å². The van der Waals surface area contributed by atoms with Crippen LogP contribution >= 0.6 is 0 Å². The molecule has 1 rings (SSSR count). The highest BCUT2D eigenvalue weighted by molar-refractivity contribution is 5.78. The summed E-state index contributed by atoms with van der Waals surface area (Å²) < 4.78 is 5.42. The highest BCUT2D eigenvalue weighted by atomic mass is 16.5. The zero-order valence-corrected chi connectivity index (χ0v) is 8.96. The molecule has 0 heterocycles. The Kier molecular flexibility index (Phi) is 3.69. The van der Waals surface area contributed by atoms with Crippen molar-refractivity contribution in [3.05, 3.63) is 28.8 Å². The second-order valence-corrected chi connectivity index (χ2v) is 3.22. The molecule has 0 aliphatic heterocycles. The molecule has 0 bridgehead atoms. The van der Waals surface area contributed by atoms with E-state index < -0.39 is 0 Å². The predicted molar refractivity (Wildman–Crippen MR) is 57.1 cm³/mol. The number of benzene rings is 1. The molecule has 0 radical (unpaired) electrons. The van der Waals surface area contributed by atoms with E-state index in [9.17, 15) is 4.79 Å². The lowest BCUT2D eigenvalue weighted by Gasteiger charge is -2.10. The van der Waals surface area contributed by atoms with E-state index in [0.29, 0.717) is 6.61 Å². The van der Waals surface area contributed by atoms with Gasteiger partial charge in [-0.25, -0.2) is 0 Å². The number of aldehydes is 1. The molecule has 0 aromatic heterocycles. The SMILES string of the molecule is CCOc1cc(C=O)c(CC)cc1C. The van der Waals surface area contributed by atoms with Crippen LogP contribution in [-0.2, 0) is 6.42 Å². The largest absolute Gasteiger partial charge is 0.494 e. The first-order chi connectivity index (χ1) is 6.72. The molecular weight excluding hydrogens is 176 g/mol. The standard InChI is InChI=1S/C12H16O2/c1-4-10-6-9(3)12(14-5-2)7-11(10)8-13/h6-8H,4-5H2,1-3H3. The van der Waals surface area contributed by atoms with Crippen LogP contribution in [0.4, 0.5) is 0 Å². The van der Waals surface area contributed by atoms with Crippen molar-refractivity contribution in [2.45, 2.75) is 27.2 Å². The zero-order chi connectivity index (χ0) is 10.6. The Hall–Kier alpha value is -1.31. The molecule has 14 heavy (non-hydrogen) atoms. The molecule has 0 fully saturated rings. The molecule has 0 spiro atoms. The van der Waals surface area contributed by atoms with Gasteiger partial charge in [0.05, 0.1) is 6.61 Å². The van der Waals surface area contributed by atoms with Gasteiger partial charge in [-0.3, -0.25) is 4.79 Å². The fourth-order valence-corrected chi connectivity index (χ4v) is 1.49. The molecule has 1 aromatic rings. The van der Waals surface area contributed by atoms with Gasteiger partial charge < -0.3 is 4.74 Å². The second-order valence-electron chi connectivity index (χ2n) is 3.22. The van der Waals surface area contributed by atoms with E-state index in [-0.39, 0.29) is 0 Å². The molecule has 0 aliphatic rings. The highest BCUT2D eigenvalue weighted by Crippen LogP contribution is 2.22. The van der Waals surface area contributed by atoms with E-state index in [0.717, 1.165) is 35.1 Å². The molecule has 0 saturated heterocycles. The lowest BCUT2D eigenvalue weighted by atomic mass is 10.0. The lowest BCUT2D eigenvalue weighted by molar-refractivity contribution is 0.112. The van der Waals surface area contributed by atoms with Crippen molar-refractivity contribution in [2.24, 2.45) is 0 Å². The van der Waals surface area contributed by atoms with Crippen molar-refractivity contribution < 1.29 is 9.53 Å². The van der Waals surface area contributed by atoms with Crippen LogP contribution in [-0.4, -0.2) is 12.9 Å². The molecule has 2 heteroatoms. The molecular formula is C12H16O2. The molecule has 76 valence electrons. The minimum absolute atomic E-state index is 0.630. The average Bonchev–Trinajstić information content (AvgIpc) is 2.20. The van der Waals surface area contributed by atoms with E-state index in [2.05, 4.69) is 0 Å². The summed E-state index contributed by atoms with van der Waals surface area (Å²) in [4.78, 5) is 10.8. The van der Waals surface area contributed by atoms with Gasteiger partial charge in [0.1, 0.15) is 12.0 Å². The van der Waals surface area contributed by atoms with Crippen LogP contribution in [0.5, 0.6) is 5.75 Å². The van der Waals surface area contributed by atoms with Gasteiger partial charge in [0.25, 0.3) is 0 Å². The number of hydrogen-bond donors (Lipinski definition) is 0. The van der Waals surface area contributed by atoms with Crippen LogP contribution in [0.3, 0.4) is 0 Å². The van der Waals surface area contributed by atoms with Gasteiger partial charge in [0, 0.05) is 5.56 Å². The van der Waals surface area contributed by atoms with Crippen molar-refractivity contribution in [1.29, 1.82) is 0 Å². The summed E-state index contributed by atoms with van der Waals surface area (Å²) in [5, 5.41) is 0. The van der Waals surface area contributed by atoms with Gasteiger partial charge in [-0.05, 0) is 37.5 Å². The van der Waals surface area contributed by atoms with Crippen molar-refractivity contribution in [3.8, 4) is 5.75 Å². The first-order valence-electron chi connectivity index (χ1n) is 4.94. The molecule has 0 N–H and O–H groups in total. The summed E-state index contributed by atoms with van der Waals surface area (Å²) in [5.74, 6) is 0.812. The van der Waals surface area contributed by atoms with Crippen molar-refractivity contribution in [3.63, 3.8) is 0 Å². The Morgan fingerprint density at radius 2 is 2.07 bits per heavy atom. The summed E-state index contributed by atoms with van der Waals surface area (Å²) in [6.45, 7) is 6.61. The molecule has 0 amide bonds. The lowest BCUT2D eigenvalue weighted by Crippen LogP contribution is -1.98.